The van der Waals surface area contributed by atoms with Gasteiger partial charge in [0.05, 0.1) is 26.4 Å². The summed E-state index contributed by atoms with van der Waals surface area (Å²) in [7, 11) is 0. The number of hydrogen-bond acceptors (Lipinski definition) is 4. The molecule has 0 bridgehead atoms. The van der Waals surface area contributed by atoms with Crippen molar-refractivity contribution >= 4 is 5.91 Å². The second-order valence-corrected chi connectivity index (χ2v) is 3.07. The second kappa shape index (κ2) is 12.0. The molecule has 0 aromatic heterocycles. The van der Waals surface area contributed by atoms with Gasteiger partial charge in [-0.1, -0.05) is 0 Å². The molecular formula is C11H20N2O3. The quantitative estimate of drug-likeness (QED) is 0.391. The molecule has 3 N–H and O–H groups in total. The van der Waals surface area contributed by atoms with Crippen LogP contribution < -0.4 is 11.1 Å². The molecule has 0 aliphatic carbocycles. The van der Waals surface area contributed by atoms with Gasteiger partial charge in [0.2, 0.25) is 5.91 Å². The average molecular weight is 228 g/mol. The van der Waals surface area contributed by atoms with E-state index in [4.69, 9.17) is 21.6 Å². The molecular weight excluding hydrogens is 208 g/mol. The number of carbonyl (C=O) groups is 1. The van der Waals surface area contributed by atoms with Crippen LogP contribution in [0, 0.1) is 12.3 Å². The van der Waals surface area contributed by atoms with Crippen molar-refractivity contribution in [1.29, 1.82) is 0 Å². The monoisotopic (exact) mass is 228 g/mol. The van der Waals surface area contributed by atoms with Crippen LogP contribution in [0.4, 0.5) is 0 Å². The zero-order chi connectivity index (χ0) is 12.1. The Hall–Kier alpha value is -1.09. The first kappa shape index (κ1) is 14.9. The van der Waals surface area contributed by atoms with E-state index in [9.17, 15) is 4.79 Å². The van der Waals surface area contributed by atoms with Crippen molar-refractivity contribution in [2.75, 3.05) is 39.5 Å². The lowest BCUT2D eigenvalue weighted by Gasteiger charge is -2.06. The van der Waals surface area contributed by atoms with E-state index in [2.05, 4.69) is 11.2 Å². The Morgan fingerprint density at radius 2 is 1.94 bits per heavy atom. The molecule has 16 heavy (non-hydrogen) atoms. The molecule has 1 amide bonds. The van der Waals surface area contributed by atoms with Crippen molar-refractivity contribution in [3.63, 3.8) is 0 Å². The van der Waals surface area contributed by atoms with Gasteiger partial charge in [0.25, 0.3) is 0 Å². The highest BCUT2D eigenvalue weighted by molar-refractivity contribution is 5.76. The minimum Gasteiger partial charge on any atom is -0.378 e. The summed E-state index contributed by atoms with van der Waals surface area (Å²) in [4.78, 5) is 11.1. The average Bonchev–Trinajstić information content (AvgIpc) is 2.30. The van der Waals surface area contributed by atoms with Gasteiger partial charge in [-0.25, -0.2) is 0 Å². The summed E-state index contributed by atoms with van der Waals surface area (Å²) < 4.78 is 10.3. The summed E-state index contributed by atoms with van der Waals surface area (Å²) in [6.45, 7) is 3.09. The first-order valence-corrected chi connectivity index (χ1v) is 5.37. The van der Waals surface area contributed by atoms with Crippen molar-refractivity contribution in [2.45, 2.75) is 12.8 Å². The van der Waals surface area contributed by atoms with E-state index in [1.807, 2.05) is 0 Å². The zero-order valence-corrected chi connectivity index (χ0v) is 9.54. The van der Waals surface area contributed by atoms with Gasteiger partial charge in [0.15, 0.2) is 0 Å². The van der Waals surface area contributed by atoms with Crippen LogP contribution in [-0.4, -0.2) is 45.4 Å². The summed E-state index contributed by atoms with van der Waals surface area (Å²) in [6.07, 6.45) is 5.88. The Balaban J connectivity index is 3.09. The number of carbonyl (C=O) groups excluding carboxylic acids is 1. The maximum Gasteiger partial charge on any atom is 0.221 e. The molecule has 0 heterocycles. The van der Waals surface area contributed by atoms with E-state index in [0.29, 0.717) is 52.4 Å². The minimum atomic E-state index is -0.0408. The molecule has 0 aromatic carbocycles. The van der Waals surface area contributed by atoms with Crippen LogP contribution in [-0.2, 0) is 14.3 Å². The number of nitrogens with two attached hydrogens (primary N) is 1. The number of hydrogen-bond donors (Lipinski definition) is 2. The Bertz CT molecular complexity index is 214. The van der Waals surface area contributed by atoms with Crippen LogP contribution in [0.5, 0.6) is 0 Å². The minimum absolute atomic E-state index is 0.0408. The molecule has 0 aliphatic heterocycles. The standard InChI is InChI=1S/C11H20N2O3/c1-2-3-4-11(14)13-6-8-16-10-9-15-7-5-12/h1H,3-10,12H2,(H,13,14). The lowest BCUT2D eigenvalue weighted by Crippen LogP contribution is -2.27. The van der Waals surface area contributed by atoms with E-state index in [-0.39, 0.29) is 5.91 Å². The SMILES string of the molecule is C#CCCC(=O)NCCOCCOCCN. The Morgan fingerprint density at radius 3 is 2.56 bits per heavy atom. The number of nitrogens with one attached hydrogen (secondary N) is 1. The molecule has 92 valence electrons. The predicted octanol–water partition coefficient (Wildman–Crippen LogP) is -0.492. The fraction of sp³-hybridized carbons (Fsp3) is 0.727. The number of rotatable bonds is 10. The largest absolute Gasteiger partial charge is 0.378 e. The predicted molar refractivity (Wildman–Crippen MR) is 61.8 cm³/mol. The molecule has 0 saturated carbocycles. The van der Waals surface area contributed by atoms with E-state index < -0.39 is 0 Å². The van der Waals surface area contributed by atoms with Crippen molar-refractivity contribution in [3.05, 3.63) is 0 Å². The Kier molecular flexibility index (Phi) is 11.2. The molecule has 5 nitrogen and oxygen atoms in total. The van der Waals surface area contributed by atoms with Gasteiger partial charge in [-0.15, -0.1) is 12.3 Å². The zero-order valence-electron chi connectivity index (χ0n) is 9.54. The third kappa shape index (κ3) is 11.0. The number of ether oxygens (including phenoxy) is 2. The number of amides is 1. The first-order valence-electron chi connectivity index (χ1n) is 5.37. The summed E-state index contributed by atoms with van der Waals surface area (Å²) in [6, 6.07) is 0. The molecule has 0 unspecified atom stereocenters. The summed E-state index contributed by atoms with van der Waals surface area (Å²) in [5.41, 5.74) is 5.24. The highest BCUT2D eigenvalue weighted by Gasteiger charge is 1.98. The molecule has 5 heteroatoms. The van der Waals surface area contributed by atoms with Crippen molar-refractivity contribution in [2.24, 2.45) is 5.73 Å². The van der Waals surface area contributed by atoms with Gasteiger partial charge in [-0.3, -0.25) is 4.79 Å². The van der Waals surface area contributed by atoms with Crippen LogP contribution in [0.25, 0.3) is 0 Å². The Labute approximate surface area is 96.7 Å². The summed E-state index contributed by atoms with van der Waals surface area (Å²) >= 11 is 0. The van der Waals surface area contributed by atoms with Crippen LogP contribution in [0.3, 0.4) is 0 Å². The third-order valence-electron chi connectivity index (χ3n) is 1.70. The number of terminal acetylenes is 1. The van der Waals surface area contributed by atoms with Gasteiger partial charge in [-0.2, -0.15) is 0 Å². The normalized spacial score (nSPS) is 9.75. The van der Waals surface area contributed by atoms with E-state index in [1.165, 1.54) is 0 Å². The fourth-order valence-electron chi connectivity index (χ4n) is 0.942. The molecule has 0 fully saturated rings. The first-order chi connectivity index (χ1) is 7.81. The van der Waals surface area contributed by atoms with Gasteiger partial charge in [-0.05, 0) is 0 Å². The van der Waals surface area contributed by atoms with Crippen LogP contribution >= 0.6 is 0 Å². The van der Waals surface area contributed by atoms with E-state index >= 15 is 0 Å². The molecule has 0 radical (unpaired) electrons. The molecule has 0 spiro atoms. The van der Waals surface area contributed by atoms with Gasteiger partial charge >= 0.3 is 0 Å². The maximum atomic E-state index is 11.1. The third-order valence-corrected chi connectivity index (χ3v) is 1.70. The van der Waals surface area contributed by atoms with Crippen LogP contribution in [0.2, 0.25) is 0 Å². The van der Waals surface area contributed by atoms with Gasteiger partial charge in [0, 0.05) is 25.9 Å². The molecule has 0 atom stereocenters. The summed E-state index contributed by atoms with van der Waals surface area (Å²) in [5, 5.41) is 2.70. The molecule has 0 rings (SSSR count). The maximum absolute atomic E-state index is 11.1. The van der Waals surface area contributed by atoms with Crippen LogP contribution in [0.1, 0.15) is 12.8 Å². The highest BCUT2D eigenvalue weighted by atomic mass is 16.5. The van der Waals surface area contributed by atoms with Crippen molar-refractivity contribution in [3.8, 4) is 12.3 Å². The molecule has 0 saturated heterocycles. The lowest BCUT2D eigenvalue weighted by atomic mass is 10.3. The van der Waals surface area contributed by atoms with Gasteiger partial charge < -0.3 is 20.5 Å². The second-order valence-electron chi connectivity index (χ2n) is 3.07. The lowest BCUT2D eigenvalue weighted by molar-refractivity contribution is -0.121. The Morgan fingerprint density at radius 1 is 1.25 bits per heavy atom. The fourth-order valence-corrected chi connectivity index (χ4v) is 0.942. The highest BCUT2D eigenvalue weighted by Crippen LogP contribution is 1.85. The van der Waals surface area contributed by atoms with E-state index in [1.54, 1.807) is 0 Å². The van der Waals surface area contributed by atoms with Crippen LogP contribution in [0.15, 0.2) is 0 Å². The van der Waals surface area contributed by atoms with Crippen molar-refractivity contribution < 1.29 is 14.3 Å². The topological polar surface area (TPSA) is 73.6 Å². The van der Waals surface area contributed by atoms with E-state index in [0.717, 1.165) is 0 Å². The molecule has 0 aromatic rings. The summed E-state index contributed by atoms with van der Waals surface area (Å²) in [5.74, 6) is 2.37. The molecule has 0 aliphatic rings. The van der Waals surface area contributed by atoms with Gasteiger partial charge in [0.1, 0.15) is 0 Å². The smallest absolute Gasteiger partial charge is 0.221 e. The van der Waals surface area contributed by atoms with Crippen molar-refractivity contribution in [1.82, 2.24) is 5.32 Å².